The van der Waals surface area contributed by atoms with E-state index in [1.807, 2.05) is 0 Å². The first kappa shape index (κ1) is 13.0. The molecule has 1 aromatic heterocycles. The third-order valence-electron chi connectivity index (χ3n) is 2.27. The molecule has 17 heavy (non-hydrogen) atoms. The average Bonchev–Trinajstić information content (AvgIpc) is 2.26. The van der Waals surface area contributed by atoms with Crippen LogP contribution in [0.25, 0.3) is 0 Å². The SMILES string of the molecule is CC(C)(CNC(=O)c1ncccc1O)C(=O)O. The van der Waals surface area contributed by atoms with Crippen LogP contribution in [0.1, 0.15) is 24.3 Å². The summed E-state index contributed by atoms with van der Waals surface area (Å²) in [5.74, 6) is -1.85. The number of aromatic hydroxyl groups is 1. The molecular formula is C11H14N2O4. The normalized spacial score (nSPS) is 10.9. The van der Waals surface area contributed by atoms with Gasteiger partial charge in [-0.25, -0.2) is 4.98 Å². The highest BCUT2D eigenvalue weighted by Crippen LogP contribution is 2.15. The quantitative estimate of drug-likeness (QED) is 0.714. The lowest BCUT2D eigenvalue weighted by Crippen LogP contribution is -2.39. The standard InChI is InChI=1S/C11H14N2O4/c1-11(2,10(16)17)6-13-9(15)8-7(14)4-3-5-12-8/h3-5,14H,6H2,1-2H3,(H,13,15)(H,16,17). The summed E-state index contributed by atoms with van der Waals surface area (Å²) in [5.41, 5.74) is -1.19. The second-order valence-electron chi connectivity index (χ2n) is 4.24. The summed E-state index contributed by atoms with van der Waals surface area (Å²) in [5, 5.41) is 20.7. The summed E-state index contributed by atoms with van der Waals surface area (Å²) in [7, 11) is 0. The van der Waals surface area contributed by atoms with E-state index in [-0.39, 0.29) is 18.0 Å². The lowest BCUT2D eigenvalue weighted by atomic mass is 9.94. The van der Waals surface area contributed by atoms with Gasteiger partial charge in [0.2, 0.25) is 0 Å². The van der Waals surface area contributed by atoms with E-state index < -0.39 is 17.3 Å². The molecule has 3 N–H and O–H groups in total. The van der Waals surface area contributed by atoms with Crippen molar-refractivity contribution in [1.82, 2.24) is 10.3 Å². The molecule has 6 heteroatoms. The number of aliphatic carboxylic acids is 1. The van der Waals surface area contributed by atoms with Crippen molar-refractivity contribution >= 4 is 11.9 Å². The molecule has 1 heterocycles. The molecule has 0 fully saturated rings. The smallest absolute Gasteiger partial charge is 0.310 e. The molecule has 1 rings (SSSR count). The third-order valence-corrected chi connectivity index (χ3v) is 2.27. The highest BCUT2D eigenvalue weighted by molar-refractivity contribution is 5.95. The van der Waals surface area contributed by atoms with Gasteiger partial charge in [0.15, 0.2) is 5.69 Å². The number of aromatic nitrogens is 1. The molecule has 1 aromatic rings. The first-order valence-electron chi connectivity index (χ1n) is 5.00. The lowest BCUT2D eigenvalue weighted by molar-refractivity contribution is -0.146. The van der Waals surface area contributed by atoms with E-state index in [1.54, 1.807) is 0 Å². The second-order valence-corrected chi connectivity index (χ2v) is 4.24. The molecule has 0 unspecified atom stereocenters. The Morgan fingerprint density at radius 2 is 2.12 bits per heavy atom. The third kappa shape index (κ3) is 3.17. The van der Waals surface area contributed by atoms with Gasteiger partial charge in [0, 0.05) is 12.7 Å². The number of hydrogen-bond donors (Lipinski definition) is 3. The van der Waals surface area contributed by atoms with Crippen molar-refractivity contribution in [2.45, 2.75) is 13.8 Å². The van der Waals surface area contributed by atoms with E-state index in [0.29, 0.717) is 0 Å². The highest BCUT2D eigenvalue weighted by Gasteiger charge is 2.28. The summed E-state index contributed by atoms with van der Waals surface area (Å²) in [6, 6.07) is 2.83. The molecule has 1 amide bonds. The van der Waals surface area contributed by atoms with Gasteiger partial charge in [-0.15, -0.1) is 0 Å². The fourth-order valence-corrected chi connectivity index (χ4v) is 1.03. The summed E-state index contributed by atoms with van der Waals surface area (Å²) in [6.07, 6.45) is 1.37. The van der Waals surface area contributed by atoms with Crippen molar-refractivity contribution in [3.63, 3.8) is 0 Å². The maximum absolute atomic E-state index is 11.6. The van der Waals surface area contributed by atoms with Gasteiger partial charge in [0.1, 0.15) is 5.75 Å². The molecule has 0 radical (unpaired) electrons. The fourth-order valence-electron chi connectivity index (χ4n) is 1.03. The van der Waals surface area contributed by atoms with Crippen LogP contribution in [0.4, 0.5) is 0 Å². The Balaban J connectivity index is 2.69. The van der Waals surface area contributed by atoms with Gasteiger partial charge >= 0.3 is 5.97 Å². The van der Waals surface area contributed by atoms with E-state index in [4.69, 9.17) is 5.11 Å². The number of carbonyl (C=O) groups excluding carboxylic acids is 1. The summed E-state index contributed by atoms with van der Waals surface area (Å²) < 4.78 is 0. The van der Waals surface area contributed by atoms with Crippen LogP contribution in [0.15, 0.2) is 18.3 Å². The number of rotatable bonds is 4. The molecule has 0 aliphatic rings. The van der Waals surface area contributed by atoms with Crippen molar-refractivity contribution in [1.29, 1.82) is 0 Å². The van der Waals surface area contributed by atoms with Crippen molar-refractivity contribution in [2.75, 3.05) is 6.54 Å². The number of nitrogens with zero attached hydrogens (tertiary/aromatic N) is 1. The van der Waals surface area contributed by atoms with Gasteiger partial charge in [0.25, 0.3) is 5.91 Å². The number of carboxylic acid groups (broad SMARTS) is 1. The molecule has 6 nitrogen and oxygen atoms in total. The Kier molecular flexibility index (Phi) is 3.67. The van der Waals surface area contributed by atoms with Gasteiger partial charge < -0.3 is 15.5 Å². The number of carbonyl (C=O) groups is 2. The van der Waals surface area contributed by atoms with Crippen LogP contribution in [0.5, 0.6) is 5.75 Å². The molecule has 0 atom stereocenters. The van der Waals surface area contributed by atoms with Crippen LogP contribution in [0.3, 0.4) is 0 Å². The van der Waals surface area contributed by atoms with E-state index in [1.165, 1.54) is 32.2 Å². The Hall–Kier alpha value is -2.11. The van der Waals surface area contributed by atoms with Crippen molar-refractivity contribution in [3.05, 3.63) is 24.0 Å². The van der Waals surface area contributed by atoms with E-state index >= 15 is 0 Å². The molecular weight excluding hydrogens is 224 g/mol. The fraction of sp³-hybridized carbons (Fsp3) is 0.364. The summed E-state index contributed by atoms with van der Waals surface area (Å²) >= 11 is 0. The maximum atomic E-state index is 11.6. The van der Waals surface area contributed by atoms with Gasteiger partial charge in [-0.1, -0.05) is 0 Å². The molecule has 0 aliphatic heterocycles. The van der Waals surface area contributed by atoms with Crippen LogP contribution in [-0.2, 0) is 4.79 Å². The van der Waals surface area contributed by atoms with Gasteiger partial charge in [-0.3, -0.25) is 9.59 Å². The largest absolute Gasteiger partial charge is 0.505 e. The Morgan fingerprint density at radius 1 is 1.47 bits per heavy atom. The van der Waals surface area contributed by atoms with Gasteiger partial charge in [0.05, 0.1) is 5.41 Å². The van der Waals surface area contributed by atoms with E-state index in [0.717, 1.165) is 0 Å². The van der Waals surface area contributed by atoms with Crippen LogP contribution >= 0.6 is 0 Å². The molecule has 0 saturated carbocycles. The lowest BCUT2D eigenvalue weighted by Gasteiger charge is -2.19. The van der Waals surface area contributed by atoms with Crippen LogP contribution < -0.4 is 5.32 Å². The zero-order valence-electron chi connectivity index (χ0n) is 9.60. The minimum absolute atomic E-state index is 0.0445. The van der Waals surface area contributed by atoms with Crippen LogP contribution in [-0.4, -0.2) is 33.6 Å². The highest BCUT2D eigenvalue weighted by atomic mass is 16.4. The first-order valence-corrected chi connectivity index (χ1v) is 5.00. The summed E-state index contributed by atoms with van der Waals surface area (Å²) in [4.78, 5) is 26.1. The number of hydrogen-bond acceptors (Lipinski definition) is 4. The number of nitrogens with one attached hydrogen (secondary N) is 1. The Morgan fingerprint density at radius 3 is 2.65 bits per heavy atom. The average molecular weight is 238 g/mol. The summed E-state index contributed by atoms with van der Waals surface area (Å²) in [6.45, 7) is 2.94. The minimum atomic E-state index is -1.07. The van der Waals surface area contributed by atoms with Crippen molar-refractivity contribution < 1.29 is 19.8 Å². The zero-order valence-corrected chi connectivity index (χ0v) is 9.60. The van der Waals surface area contributed by atoms with Gasteiger partial charge in [-0.2, -0.15) is 0 Å². The van der Waals surface area contributed by atoms with Crippen molar-refractivity contribution in [2.24, 2.45) is 5.41 Å². The maximum Gasteiger partial charge on any atom is 0.310 e. The number of amides is 1. The van der Waals surface area contributed by atoms with Crippen LogP contribution in [0, 0.1) is 5.41 Å². The number of pyridine rings is 1. The Labute approximate surface area is 98.3 Å². The predicted octanol–water partition coefficient (Wildman–Crippen LogP) is 0.628. The molecule has 0 saturated heterocycles. The molecule has 0 bridgehead atoms. The van der Waals surface area contributed by atoms with E-state index in [9.17, 15) is 14.7 Å². The zero-order chi connectivity index (χ0) is 13.1. The monoisotopic (exact) mass is 238 g/mol. The second kappa shape index (κ2) is 4.82. The molecule has 0 aliphatic carbocycles. The van der Waals surface area contributed by atoms with Crippen molar-refractivity contribution in [3.8, 4) is 5.75 Å². The van der Waals surface area contributed by atoms with Gasteiger partial charge in [-0.05, 0) is 26.0 Å². The van der Waals surface area contributed by atoms with Crippen LogP contribution in [0.2, 0.25) is 0 Å². The molecule has 92 valence electrons. The topological polar surface area (TPSA) is 99.5 Å². The Bertz CT molecular complexity index is 443. The molecule has 0 aromatic carbocycles. The number of carboxylic acids is 1. The minimum Gasteiger partial charge on any atom is -0.505 e. The van der Waals surface area contributed by atoms with E-state index in [2.05, 4.69) is 10.3 Å². The first-order chi connectivity index (χ1) is 7.84. The predicted molar refractivity (Wildman–Crippen MR) is 59.7 cm³/mol. The molecule has 0 spiro atoms.